The van der Waals surface area contributed by atoms with Gasteiger partial charge in [0.1, 0.15) is 5.82 Å². The van der Waals surface area contributed by atoms with Gasteiger partial charge in [-0.3, -0.25) is 0 Å². The van der Waals surface area contributed by atoms with Gasteiger partial charge in [0.25, 0.3) is 0 Å². The molecule has 0 aliphatic heterocycles. The molecule has 4 rings (SSSR count). The Morgan fingerprint density at radius 3 is 2.62 bits per heavy atom. The molecule has 0 saturated heterocycles. The Labute approximate surface area is 187 Å². The van der Waals surface area contributed by atoms with E-state index in [1.165, 1.54) is 4.52 Å². The molecule has 2 aromatic carbocycles. The summed E-state index contributed by atoms with van der Waals surface area (Å²) >= 11 is 0. The lowest BCUT2D eigenvalue weighted by atomic mass is 10.1. The SMILES string of the molecule is Cc1ccc(S(=O)(=O)c2nnn3c2nc(NCCCOC(C)C)c2ccccc23)cc1C. The Balaban J connectivity index is 1.77. The van der Waals surface area contributed by atoms with E-state index in [-0.39, 0.29) is 21.7 Å². The van der Waals surface area contributed by atoms with E-state index in [9.17, 15) is 8.42 Å². The van der Waals surface area contributed by atoms with Crippen LogP contribution in [-0.4, -0.2) is 47.5 Å². The van der Waals surface area contributed by atoms with Gasteiger partial charge in [0, 0.05) is 18.5 Å². The lowest BCUT2D eigenvalue weighted by molar-refractivity contribution is 0.0787. The minimum atomic E-state index is -3.89. The number of fused-ring (bicyclic) bond motifs is 3. The van der Waals surface area contributed by atoms with Crippen molar-refractivity contribution < 1.29 is 13.2 Å². The van der Waals surface area contributed by atoms with Crippen molar-refractivity contribution in [3.8, 4) is 0 Å². The maximum Gasteiger partial charge on any atom is 0.229 e. The molecule has 0 bridgehead atoms. The summed E-state index contributed by atoms with van der Waals surface area (Å²) in [5.74, 6) is 0.594. The van der Waals surface area contributed by atoms with Gasteiger partial charge in [-0.15, -0.1) is 5.10 Å². The van der Waals surface area contributed by atoms with Crippen molar-refractivity contribution in [2.45, 2.75) is 50.1 Å². The van der Waals surface area contributed by atoms with E-state index in [1.807, 2.05) is 52.0 Å². The van der Waals surface area contributed by atoms with E-state index in [1.54, 1.807) is 18.2 Å². The van der Waals surface area contributed by atoms with Gasteiger partial charge >= 0.3 is 0 Å². The number of ether oxygens (including phenoxy) is 1. The molecular formula is C23H27N5O3S. The molecule has 9 heteroatoms. The highest BCUT2D eigenvalue weighted by atomic mass is 32.2. The van der Waals surface area contributed by atoms with E-state index in [4.69, 9.17) is 4.74 Å². The van der Waals surface area contributed by atoms with Crippen LogP contribution in [0.3, 0.4) is 0 Å². The summed E-state index contributed by atoms with van der Waals surface area (Å²) in [4.78, 5) is 4.81. The predicted molar refractivity (Wildman–Crippen MR) is 124 cm³/mol. The molecule has 1 N–H and O–H groups in total. The van der Waals surface area contributed by atoms with Crippen LogP contribution in [0.5, 0.6) is 0 Å². The molecule has 0 aliphatic rings. The zero-order valence-electron chi connectivity index (χ0n) is 18.7. The summed E-state index contributed by atoms with van der Waals surface area (Å²) in [5.41, 5.74) is 2.84. The Hall–Kier alpha value is -3.04. The number of nitrogens with one attached hydrogen (secondary N) is 1. The summed E-state index contributed by atoms with van der Waals surface area (Å²) in [6.45, 7) is 9.10. The average molecular weight is 454 g/mol. The Morgan fingerprint density at radius 2 is 1.88 bits per heavy atom. The van der Waals surface area contributed by atoms with Crippen molar-refractivity contribution in [1.29, 1.82) is 0 Å². The molecule has 0 aliphatic carbocycles. The standard InChI is InChI=1S/C23H27N5O3S/c1-15(2)31-13-7-12-24-21-19-8-5-6-9-20(19)28-22(25-21)23(26-27-28)32(29,30)18-11-10-16(3)17(4)14-18/h5-6,8-11,14-15H,7,12-13H2,1-4H3,(H,24,25). The summed E-state index contributed by atoms with van der Waals surface area (Å²) in [6, 6.07) is 12.6. The number of hydrogen-bond acceptors (Lipinski definition) is 7. The molecule has 4 aromatic rings. The third-order valence-corrected chi connectivity index (χ3v) is 6.98. The minimum Gasteiger partial charge on any atom is -0.379 e. The number of para-hydroxylation sites is 1. The molecule has 0 atom stereocenters. The van der Waals surface area contributed by atoms with Crippen LogP contribution < -0.4 is 5.32 Å². The van der Waals surface area contributed by atoms with Crippen molar-refractivity contribution in [3.05, 3.63) is 53.6 Å². The topological polar surface area (TPSA) is 98.5 Å². The first-order valence-electron chi connectivity index (χ1n) is 10.6. The second kappa shape index (κ2) is 8.84. The van der Waals surface area contributed by atoms with Gasteiger partial charge in [-0.2, -0.15) is 4.52 Å². The van der Waals surface area contributed by atoms with E-state index in [0.29, 0.717) is 19.0 Å². The average Bonchev–Trinajstić information content (AvgIpc) is 3.20. The number of aromatic nitrogens is 4. The number of sulfone groups is 1. The van der Waals surface area contributed by atoms with Crippen LogP contribution in [0.15, 0.2) is 52.4 Å². The number of rotatable bonds is 8. The number of nitrogens with zero attached hydrogens (tertiary/aromatic N) is 4. The van der Waals surface area contributed by atoms with Crippen molar-refractivity contribution >= 4 is 32.2 Å². The highest BCUT2D eigenvalue weighted by molar-refractivity contribution is 7.91. The maximum absolute atomic E-state index is 13.4. The van der Waals surface area contributed by atoms with Crippen LogP contribution in [0.4, 0.5) is 5.82 Å². The lowest BCUT2D eigenvalue weighted by Crippen LogP contribution is -2.11. The molecule has 168 valence electrons. The van der Waals surface area contributed by atoms with Crippen LogP contribution in [0.2, 0.25) is 0 Å². The van der Waals surface area contributed by atoms with E-state index in [0.717, 1.165) is 28.5 Å². The Morgan fingerprint density at radius 1 is 1.09 bits per heavy atom. The second-order valence-electron chi connectivity index (χ2n) is 8.06. The fourth-order valence-corrected chi connectivity index (χ4v) is 4.76. The monoisotopic (exact) mass is 453 g/mol. The third-order valence-electron chi connectivity index (χ3n) is 5.33. The van der Waals surface area contributed by atoms with E-state index < -0.39 is 9.84 Å². The van der Waals surface area contributed by atoms with Crippen LogP contribution in [0.25, 0.3) is 16.6 Å². The number of anilines is 1. The van der Waals surface area contributed by atoms with Crippen molar-refractivity contribution in [3.63, 3.8) is 0 Å². The summed E-state index contributed by atoms with van der Waals surface area (Å²) in [7, 11) is -3.89. The molecular weight excluding hydrogens is 426 g/mol. The zero-order chi connectivity index (χ0) is 22.9. The predicted octanol–water partition coefficient (Wildman–Crippen LogP) is 3.95. The summed E-state index contributed by atoms with van der Waals surface area (Å²) in [5, 5.41) is 12.2. The van der Waals surface area contributed by atoms with E-state index in [2.05, 4.69) is 20.6 Å². The Kier molecular flexibility index (Phi) is 6.12. The third kappa shape index (κ3) is 4.18. The molecule has 32 heavy (non-hydrogen) atoms. The fourth-order valence-electron chi connectivity index (χ4n) is 3.44. The van der Waals surface area contributed by atoms with Crippen LogP contribution in [0, 0.1) is 13.8 Å². The normalized spacial score (nSPS) is 12.2. The second-order valence-corrected chi connectivity index (χ2v) is 9.92. The highest BCUT2D eigenvalue weighted by Gasteiger charge is 2.27. The molecule has 2 heterocycles. The van der Waals surface area contributed by atoms with E-state index >= 15 is 0 Å². The van der Waals surface area contributed by atoms with Gasteiger partial charge in [-0.05, 0) is 69.5 Å². The van der Waals surface area contributed by atoms with Gasteiger partial charge in [0.2, 0.25) is 14.9 Å². The smallest absolute Gasteiger partial charge is 0.229 e. The van der Waals surface area contributed by atoms with Gasteiger partial charge in [-0.1, -0.05) is 23.4 Å². The molecule has 0 fully saturated rings. The van der Waals surface area contributed by atoms with Crippen molar-refractivity contribution in [2.24, 2.45) is 0 Å². The molecule has 0 spiro atoms. The highest BCUT2D eigenvalue weighted by Crippen LogP contribution is 2.28. The van der Waals surface area contributed by atoms with Crippen LogP contribution >= 0.6 is 0 Å². The summed E-state index contributed by atoms with van der Waals surface area (Å²) < 4.78 is 33.9. The fraction of sp³-hybridized carbons (Fsp3) is 0.348. The van der Waals surface area contributed by atoms with Gasteiger partial charge in [0.05, 0.1) is 16.5 Å². The summed E-state index contributed by atoms with van der Waals surface area (Å²) in [6.07, 6.45) is 0.978. The van der Waals surface area contributed by atoms with Gasteiger partial charge in [-0.25, -0.2) is 13.4 Å². The molecule has 8 nitrogen and oxygen atoms in total. The molecule has 0 radical (unpaired) electrons. The number of hydrogen-bond donors (Lipinski definition) is 1. The van der Waals surface area contributed by atoms with Crippen molar-refractivity contribution in [2.75, 3.05) is 18.5 Å². The Bertz CT molecular complexity index is 1380. The number of benzene rings is 2. The zero-order valence-corrected chi connectivity index (χ0v) is 19.5. The number of aryl methyl sites for hydroxylation is 2. The molecule has 0 amide bonds. The molecule has 0 saturated carbocycles. The van der Waals surface area contributed by atoms with Gasteiger partial charge in [0.15, 0.2) is 5.65 Å². The molecule has 2 aromatic heterocycles. The first-order chi connectivity index (χ1) is 15.3. The lowest BCUT2D eigenvalue weighted by Gasteiger charge is -2.11. The maximum atomic E-state index is 13.4. The quantitative estimate of drug-likeness (QED) is 0.403. The van der Waals surface area contributed by atoms with Crippen molar-refractivity contribution in [1.82, 2.24) is 19.8 Å². The van der Waals surface area contributed by atoms with Crippen LogP contribution in [-0.2, 0) is 14.6 Å². The minimum absolute atomic E-state index is 0.155. The van der Waals surface area contributed by atoms with Gasteiger partial charge < -0.3 is 10.1 Å². The van der Waals surface area contributed by atoms with Crippen LogP contribution in [0.1, 0.15) is 31.4 Å². The first kappa shape index (κ1) is 22.2. The first-order valence-corrected chi connectivity index (χ1v) is 12.1. The molecule has 0 unspecified atom stereocenters. The largest absolute Gasteiger partial charge is 0.379 e.